The van der Waals surface area contributed by atoms with Gasteiger partial charge in [-0.15, -0.1) is 0 Å². The first kappa shape index (κ1) is 18.1. The van der Waals surface area contributed by atoms with Gasteiger partial charge in [0.25, 0.3) is 0 Å². The zero-order valence-corrected chi connectivity index (χ0v) is 16.6. The van der Waals surface area contributed by atoms with Gasteiger partial charge in [-0.3, -0.25) is 9.25 Å². The summed E-state index contributed by atoms with van der Waals surface area (Å²) in [6.07, 6.45) is 8.51. The van der Waals surface area contributed by atoms with Crippen LogP contribution in [0.15, 0.2) is 43.6 Å². The highest BCUT2D eigenvalue weighted by Crippen LogP contribution is 2.35. The van der Waals surface area contributed by atoms with Crippen molar-refractivity contribution in [3.05, 3.63) is 49.3 Å². The van der Waals surface area contributed by atoms with Gasteiger partial charge in [0.15, 0.2) is 5.82 Å². The van der Waals surface area contributed by atoms with Crippen LogP contribution >= 0.6 is 0 Å². The smallest absolute Gasteiger partial charge is 0.216 e. The lowest BCUT2D eigenvalue weighted by Gasteiger charge is -2.29. The van der Waals surface area contributed by atoms with Crippen molar-refractivity contribution in [2.45, 2.75) is 39.8 Å². The van der Waals surface area contributed by atoms with E-state index in [4.69, 9.17) is 4.98 Å². The van der Waals surface area contributed by atoms with E-state index in [1.807, 2.05) is 27.8 Å². The second kappa shape index (κ2) is 7.03. The molecule has 4 heterocycles. The van der Waals surface area contributed by atoms with Crippen LogP contribution in [0.4, 0.5) is 5.95 Å². The molecule has 8 nitrogen and oxygen atoms in total. The van der Waals surface area contributed by atoms with E-state index in [1.165, 1.54) is 0 Å². The molecule has 0 fully saturated rings. The third-order valence-electron chi connectivity index (χ3n) is 4.59. The number of nitrogens with zero attached hydrogens (tertiary/aromatic N) is 6. The molecule has 0 bridgehead atoms. The number of imidazole rings is 2. The van der Waals surface area contributed by atoms with Crippen molar-refractivity contribution in [1.82, 2.24) is 34.6 Å². The Morgan fingerprint density at radius 2 is 2.18 bits per heavy atom. The highest BCUT2D eigenvalue weighted by molar-refractivity contribution is 5.82. The first-order chi connectivity index (χ1) is 13.5. The van der Waals surface area contributed by atoms with Gasteiger partial charge in [0, 0.05) is 36.9 Å². The van der Waals surface area contributed by atoms with E-state index in [1.54, 1.807) is 6.20 Å². The monoisotopic (exact) mass is 378 g/mol. The van der Waals surface area contributed by atoms with Crippen molar-refractivity contribution in [2.75, 3.05) is 11.4 Å². The van der Waals surface area contributed by atoms with Gasteiger partial charge < -0.3 is 15.2 Å². The number of fused-ring (bicyclic) bond motifs is 3. The highest BCUT2D eigenvalue weighted by Gasteiger charge is 2.29. The Morgan fingerprint density at radius 1 is 1.36 bits per heavy atom. The Morgan fingerprint density at radius 3 is 2.93 bits per heavy atom. The number of hydrogen-bond acceptors (Lipinski definition) is 5. The molecule has 0 aliphatic carbocycles. The van der Waals surface area contributed by atoms with Gasteiger partial charge >= 0.3 is 0 Å². The minimum atomic E-state index is 0.348. The molecule has 0 spiro atoms. The van der Waals surface area contributed by atoms with E-state index in [2.05, 4.69) is 59.2 Å². The normalized spacial score (nSPS) is 13.0. The molecule has 0 aromatic carbocycles. The lowest BCUT2D eigenvalue weighted by Crippen LogP contribution is -2.29. The first-order valence-corrected chi connectivity index (χ1v) is 9.55. The van der Waals surface area contributed by atoms with Crippen molar-refractivity contribution in [3.63, 3.8) is 0 Å². The number of aromatic nitrogens is 6. The average Bonchev–Trinajstić information content (AvgIpc) is 3.35. The number of hydrogen-bond donors (Lipinski definition) is 2. The molecule has 1 aliphatic heterocycles. The number of allylic oxidation sites excluding steroid dienone is 1. The molecule has 0 amide bonds. The molecule has 1 aliphatic rings. The fourth-order valence-corrected chi connectivity index (χ4v) is 3.47. The Kier molecular flexibility index (Phi) is 4.54. The maximum Gasteiger partial charge on any atom is 0.216 e. The molecule has 0 saturated heterocycles. The number of rotatable bonds is 7. The molecular weight excluding hydrogens is 352 g/mol. The molecule has 0 unspecified atom stereocenters. The number of nitrogens with one attached hydrogen (secondary N) is 2. The Balaban J connectivity index is 1.63. The topological polar surface area (TPSA) is 79.6 Å². The van der Waals surface area contributed by atoms with Crippen LogP contribution < -0.4 is 10.2 Å². The summed E-state index contributed by atoms with van der Waals surface area (Å²) in [6, 6.07) is 0.348. The van der Waals surface area contributed by atoms with Crippen LogP contribution in [0.25, 0.3) is 22.9 Å². The van der Waals surface area contributed by atoms with Crippen molar-refractivity contribution in [3.8, 4) is 17.2 Å². The van der Waals surface area contributed by atoms with E-state index in [0.717, 1.165) is 53.2 Å². The maximum absolute atomic E-state index is 4.81. The van der Waals surface area contributed by atoms with Crippen molar-refractivity contribution in [2.24, 2.45) is 0 Å². The average molecular weight is 378 g/mol. The molecular formula is C20H26N8. The standard InChI is InChI=1S/C20H26N8/c1-6-8-27-15(5)17-19(28-9-7-21-20(27)28)25-18(24-17)16-10-22-26(12-16)11-14(4)23-13(2)3/h7,9-10,12-13,23H,4-6,8,11H2,1-3H3,(H,24,25). The Hall–Kier alpha value is -3.29. The first-order valence-electron chi connectivity index (χ1n) is 9.55. The summed E-state index contributed by atoms with van der Waals surface area (Å²) in [7, 11) is 0. The van der Waals surface area contributed by atoms with E-state index in [9.17, 15) is 0 Å². The van der Waals surface area contributed by atoms with E-state index >= 15 is 0 Å². The predicted octanol–water partition coefficient (Wildman–Crippen LogP) is 3.17. The molecule has 28 heavy (non-hydrogen) atoms. The quantitative estimate of drug-likeness (QED) is 0.660. The molecule has 0 atom stereocenters. The van der Waals surface area contributed by atoms with E-state index in [-0.39, 0.29) is 0 Å². The lowest BCUT2D eigenvalue weighted by molar-refractivity contribution is 0.586. The van der Waals surface area contributed by atoms with Crippen LogP contribution in [-0.2, 0) is 6.54 Å². The zero-order chi connectivity index (χ0) is 19.8. The van der Waals surface area contributed by atoms with Gasteiger partial charge in [0.2, 0.25) is 5.95 Å². The summed E-state index contributed by atoms with van der Waals surface area (Å²) in [5.41, 5.74) is 3.64. The molecule has 8 heteroatoms. The SMILES string of the molecule is C=C(Cn1cc(-c2nc3c([nH]2)C(=C)N(CCC)c2nccn2-3)cn1)NC(C)C. The van der Waals surface area contributed by atoms with Crippen LogP contribution in [-0.4, -0.2) is 41.9 Å². The van der Waals surface area contributed by atoms with Crippen LogP contribution in [0, 0.1) is 0 Å². The van der Waals surface area contributed by atoms with Crippen molar-refractivity contribution in [1.29, 1.82) is 0 Å². The van der Waals surface area contributed by atoms with Gasteiger partial charge in [-0.05, 0) is 20.3 Å². The van der Waals surface area contributed by atoms with Crippen molar-refractivity contribution < 1.29 is 0 Å². The minimum Gasteiger partial charge on any atom is -0.385 e. The number of anilines is 1. The minimum absolute atomic E-state index is 0.348. The van der Waals surface area contributed by atoms with Crippen LogP contribution in [0.3, 0.4) is 0 Å². The summed E-state index contributed by atoms with van der Waals surface area (Å²) in [4.78, 5) is 14.8. The fourth-order valence-electron chi connectivity index (χ4n) is 3.47. The summed E-state index contributed by atoms with van der Waals surface area (Å²) in [5.74, 6) is 2.43. The van der Waals surface area contributed by atoms with Crippen molar-refractivity contribution >= 4 is 11.6 Å². The second-order valence-corrected chi connectivity index (χ2v) is 7.31. The third kappa shape index (κ3) is 3.11. The second-order valence-electron chi connectivity index (χ2n) is 7.31. The number of H-pyrrole nitrogens is 1. The molecule has 3 aromatic heterocycles. The van der Waals surface area contributed by atoms with Gasteiger partial charge in [0.05, 0.1) is 24.0 Å². The third-order valence-corrected chi connectivity index (χ3v) is 4.59. The summed E-state index contributed by atoms with van der Waals surface area (Å²) >= 11 is 0. The molecule has 0 saturated carbocycles. The van der Waals surface area contributed by atoms with Gasteiger partial charge in [-0.25, -0.2) is 9.97 Å². The summed E-state index contributed by atoms with van der Waals surface area (Å²) < 4.78 is 3.86. The van der Waals surface area contributed by atoms with Gasteiger partial charge in [-0.2, -0.15) is 5.10 Å². The zero-order valence-electron chi connectivity index (χ0n) is 16.6. The highest BCUT2D eigenvalue weighted by atomic mass is 15.4. The number of aromatic amines is 1. The van der Waals surface area contributed by atoms with Crippen LogP contribution in [0.5, 0.6) is 0 Å². The van der Waals surface area contributed by atoms with Gasteiger partial charge in [-0.1, -0.05) is 20.1 Å². The lowest BCUT2D eigenvalue weighted by atomic mass is 10.2. The maximum atomic E-state index is 4.81. The molecule has 4 rings (SSSR count). The molecule has 2 N–H and O–H groups in total. The van der Waals surface area contributed by atoms with Gasteiger partial charge in [0.1, 0.15) is 11.5 Å². The van der Waals surface area contributed by atoms with E-state index in [0.29, 0.717) is 12.6 Å². The largest absolute Gasteiger partial charge is 0.385 e. The van der Waals surface area contributed by atoms with Crippen LogP contribution in [0.2, 0.25) is 0 Å². The van der Waals surface area contributed by atoms with Crippen LogP contribution in [0.1, 0.15) is 32.9 Å². The molecule has 146 valence electrons. The summed E-state index contributed by atoms with van der Waals surface area (Å²) in [6.45, 7) is 16.1. The molecule has 0 radical (unpaired) electrons. The summed E-state index contributed by atoms with van der Waals surface area (Å²) in [5, 5.41) is 7.75. The molecule has 3 aromatic rings. The Bertz CT molecular complexity index is 1020. The predicted molar refractivity (Wildman–Crippen MR) is 111 cm³/mol. The Labute approximate surface area is 164 Å². The van der Waals surface area contributed by atoms with E-state index < -0.39 is 0 Å². The fraction of sp³-hybridized carbons (Fsp3) is 0.350.